The van der Waals surface area contributed by atoms with Crippen LogP contribution in [0.3, 0.4) is 0 Å². The Hall–Kier alpha value is -2.22. The van der Waals surface area contributed by atoms with Crippen molar-refractivity contribution in [2.45, 2.75) is 19.6 Å². The van der Waals surface area contributed by atoms with E-state index in [0.29, 0.717) is 33.7 Å². The first-order valence-electron chi connectivity index (χ1n) is 7.64. The molecule has 0 aliphatic carbocycles. The Labute approximate surface area is 150 Å². The third kappa shape index (κ3) is 2.64. The summed E-state index contributed by atoms with van der Waals surface area (Å²) in [4.78, 5) is 6.39. The maximum absolute atomic E-state index is 13.9. The Morgan fingerprint density at radius 3 is 2.80 bits per heavy atom. The molecule has 0 N–H and O–H groups in total. The summed E-state index contributed by atoms with van der Waals surface area (Å²) < 4.78 is 46.2. The molecule has 3 aromatic rings. The van der Waals surface area contributed by atoms with Crippen LogP contribution in [0.4, 0.5) is 24.8 Å². The summed E-state index contributed by atoms with van der Waals surface area (Å²) in [5.41, 5.74) is 1.80. The highest BCUT2D eigenvalue weighted by atomic mass is 79.9. The van der Waals surface area contributed by atoms with Gasteiger partial charge in [-0.2, -0.15) is 8.78 Å². The molecule has 0 saturated heterocycles. The number of halogens is 4. The Morgan fingerprint density at radius 2 is 2.04 bits per heavy atom. The van der Waals surface area contributed by atoms with Gasteiger partial charge in [-0.15, -0.1) is 0 Å². The second kappa shape index (κ2) is 5.94. The molecule has 1 atom stereocenters. The third-order valence-electron chi connectivity index (χ3n) is 4.21. The highest BCUT2D eigenvalue weighted by Gasteiger charge is 2.32. The minimum Gasteiger partial charge on any atom is -0.433 e. The molecule has 1 aromatic heterocycles. The number of nitrogens with zero attached hydrogens (tertiary/aromatic N) is 3. The molecule has 2 aromatic carbocycles. The van der Waals surface area contributed by atoms with Crippen molar-refractivity contribution in [2.75, 3.05) is 11.4 Å². The maximum Gasteiger partial charge on any atom is 0.387 e. The van der Waals surface area contributed by atoms with E-state index >= 15 is 0 Å². The molecule has 0 bridgehead atoms. The van der Waals surface area contributed by atoms with E-state index in [2.05, 4.69) is 25.7 Å². The summed E-state index contributed by atoms with van der Waals surface area (Å²) >= 11 is 3.16. The minimum absolute atomic E-state index is 0.000168. The van der Waals surface area contributed by atoms with Gasteiger partial charge < -0.3 is 14.2 Å². The molecule has 0 amide bonds. The normalized spacial score (nSPS) is 16.7. The molecule has 1 aliphatic heterocycles. The average molecular weight is 412 g/mol. The van der Waals surface area contributed by atoms with Crippen molar-refractivity contribution in [1.29, 1.82) is 0 Å². The van der Waals surface area contributed by atoms with Crippen LogP contribution >= 0.6 is 15.9 Å². The van der Waals surface area contributed by atoms with E-state index in [-0.39, 0.29) is 17.6 Å². The number of aromatic nitrogens is 2. The number of hydrogen-bond donors (Lipinski definition) is 0. The quantitative estimate of drug-likeness (QED) is 0.589. The number of imidazole rings is 1. The standard InChI is InChI=1S/C17H13BrF3N3O/c1-9-8-23(13-4-2-3-5-15(13)25-16(20)21)17-22-12-6-10(18)11(19)7-14(12)24(9)17/h2-7,9,16H,8H2,1H3. The molecule has 0 fully saturated rings. The Kier molecular flexibility index (Phi) is 3.87. The van der Waals surface area contributed by atoms with Gasteiger partial charge in [0, 0.05) is 12.6 Å². The van der Waals surface area contributed by atoms with Crippen LogP contribution in [0, 0.1) is 5.82 Å². The van der Waals surface area contributed by atoms with Crippen molar-refractivity contribution in [3.8, 4) is 5.75 Å². The van der Waals surface area contributed by atoms with Gasteiger partial charge in [0.2, 0.25) is 5.95 Å². The lowest BCUT2D eigenvalue weighted by atomic mass is 10.2. The Morgan fingerprint density at radius 1 is 1.28 bits per heavy atom. The molecule has 0 radical (unpaired) electrons. The number of alkyl halides is 2. The van der Waals surface area contributed by atoms with Gasteiger partial charge in [-0.3, -0.25) is 0 Å². The summed E-state index contributed by atoms with van der Waals surface area (Å²) in [6, 6.07) is 9.62. The van der Waals surface area contributed by atoms with Gasteiger partial charge in [0.15, 0.2) is 0 Å². The van der Waals surface area contributed by atoms with E-state index in [9.17, 15) is 13.2 Å². The van der Waals surface area contributed by atoms with Crippen molar-refractivity contribution in [2.24, 2.45) is 0 Å². The molecule has 8 heteroatoms. The summed E-state index contributed by atoms with van der Waals surface area (Å²) in [5.74, 6) is 0.283. The largest absolute Gasteiger partial charge is 0.433 e. The highest BCUT2D eigenvalue weighted by Crippen LogP contribution is 2.42. The zero-order chi connectivity index (χ0) is 17.7. The minimum atomic E-state index is -2.91. The Bertz CT molecular complexity index is 960. The van der Waals surface area contributed by atoms with Gasteiger partial charge in [-0.25, -0.2) is 9.37 Å². The van der Waals surface area contributed by atoms with E-state index in [1.807, 2.05) is 16.4 Å². The number of anilines is 2. The first-order valence-corrected chi connectivity index (χ1v) is 8.43. The molecule has 0 spiro atoms. The Balaban J connectivity index is 1.87. The predicted molar refractivity (Wildman–Crippen MR) is 92.2 cm³/mol. The summed E-state index contributed by atoms with van der Waals surface area (Å²) in [7, 11) is 0. The molecule has 2 heterocycles. The summed E-state index contributed by atoms with van der Waals surface area (Å²) in [6.07, 6.45) is 0. The number of hydrogen-bond acceptors (Lipinski definition) is 3. The van der Waals surface area contributed by atoms with Gasteiger partial charge in [0.1, 0.15) is 11.6 Å². The van der Waals surface area contributed by atoms with Gasteiger partial charge >= 0.3 is 6.61 Å². The van der Waals surface area contributed by atoms with Crippen LogP contribution in [0.15, 0.2) is 40.9 Å². The zero-order valence-electron chi connectivity index (χ0n) is 13.1. The van der Waals surface area contributed by atoms with Crippen molar-refractivity contribution in [3.05, 3.63) is 46.7 Å². The van der Waals surface area contributed by atoms with Crippen LogP contribution in [0.2, 0.25) is 0 Å². The molecule has 0 saturated carbocycles. The SMILES string of the molecule is CC1CN(c2ccccc2OC(F)F)c2nc3cc(Br)c(F)cc3n21. The second-order valence-corrected chi connectivity index (χ2v) is 6.70. The van der Waals surface area contributed by atoms with E-state index in [1.165, 1.54) is 12.1 Å². The van der Waals surface area contributed by atoms with E-state index in [0.717, 1.165) is 0 Å². The number of rotatable bonds is 3. The monoisotopic (exact) mass is 411 g/mol. The predicted octanol–water partition coefficient (Wildman–Crippen LogP) is 5.25. The van der Waals surface area contributed by atoms with Gasteiger partial charge in [-0.1, -0.05) is 12.1 Å². The molecule has 130 valence electrons. The lowest BCUT2D eigenvalue weighted by Gasteiger charge is -2.20. The smallest absolute Gasteiger partial charge is 0.387 e. The third-order valence-corrected chi connectivity index (χ3v) is 4.82. The maximum atomic E-state index is 13.9. The summed E-state index contributed by atoms with van der Waals surface area (Å²) in [6.45, 7) is -0.411. The molecule has 1 unspecified atom stereocenters. The van der Waals surface area contributed by atoms with E-state index in [4.69, 9.17) is 0 Å². The molecule has 4 rings (SSSR count). The molecule has 1 aliphatic rings. The fourth-order valence-electron chi connectivity index (χ4n) is 3.21. The van der Waals surface area contributed by atoms with Crippen LogP contribution in [-0.4, -0.2) is 22.7 Å². The number of fused-ring (bicyclic) bond motifs is 3. The topological polar surface area (TPSA) is 30.3 Å². The second-order valence-electron chi connectivity index (χ2n) is 5.84. The number of benzene rings is 2. The van der Waals surface area contributed by atoms with E-state index < -0.39 is 6.61 Å². The fourth-order valence-corrected chi connectivity index (χ4v) is 3.54. The molecular weight excluding hydrogens is 399 g/mol. The first-order chi connectivity index (χ1) is 12.0. The van der Waals surface area contributed by atoms with Crippen LogP contribution in [0.5, 0.6) is 5.75 Å². The lowest BCUT2D eigenvalue weighted by molar-refractivity contribution is -0.0494. The molecule has 4 nitrogen and oxygen atoms in total. The van der Waals surface area contributed by atoms with Gasteiger partial charge in [-0.05, 0) is 41.1 Å². The van der Waals surface area contributed by atoms with Crippen LogP contribution in [0.25, 0.3) is 11.0 Å². The van der Waals surface area contributed by atoms with Crippen molar-refractivity contribution in [1.82, 2.24) is 9.55 Å². The first kappa shape index (κ1) is 16.3. The lowest BCUT2D eigenvalue weighted by Crippen LogP contribution is -2.17. The van der Waals surface area contributed by atoms with Crippen molar-refractivity contribution in [3.63, 3.8) is 0 Å². The van der Waals surface area contributed by atoms with Crippen molar-refractivity contribution >= 4 is 38.6 Å². The van der Waals surface area contributed by atoms with Gasteiger partial charge in [0.25, 0.3) is 0 Å². The number of ether oxygens (including phenoxy) is 1. The van der Waals surface area contributed by atoms with Crippen LogP contribution in [-0.2, 0) is 0 Å². The zero-order valence-corrected chi connectivity index (χ0v) is 14.7. The fraction of sp³-hybridized carbons (Fsp3) is 0.235. The van der Waals surface area contributed by atoms with Crippen LogP contribution in [0.1, 0.15) is 13.0 Å². The number of para-hydroxylation sites is 2. The average Bonchev–Trinajstić information content (AvgIpc) is 3.06. The molecular formula is C17H13BrF3N3O. The van der Waals surface area contributed by atoms with Crippen LogP contribution < -0.4 is 9.64 Å². The highest BCUT2D eigenvalue weighted by molar-refractivity contribution is 9.10. The molecule has 25 heavy (non-hydrogen) atoms. The van der Waals surface area contributed by atoms with Crippen molar-refractivity contribution < 1.29 is 17.9 Å². The van der Waals surface area contributed by atoms with E-state index in [1.54, 1.807) is 24.3 Å². The summed E-state index contributed by atoms with van der Waals surface area (Å²) in [5, 5.41) is 0. The van der Waals surface area contributed by atoms with Gasteiger partial charge in [0.05, 0.1) is 27.2 Å².